The molecule has 0 bridgehead atoms. The number of rotatable bonds is 4. The predicted octanol–water partition coefficient (Wildman–Crippen LogP) is 1.52. The number of hydrogen-bond donors (Lipinski definition) is 2. The fourth-order valence-electron chi connectivity index (χ4n) is 0.896. The van der Waals surface area contributed by atoms with Gasteiger partial charge in [0.15, 0.2) is 0 Å². The van der Waals surface area contributed by atoms with Crippen LogP contribution in [0.25, 0.3) is 0 Å². The maximum atomic E-state index is 11.4. The molecule has 0 saturated carbocycles. The molecule has 3 nitrogen and oxygen atoms in total. The third-order valence-corrected chi connectivity index (χ3v) is 2.23. The molecule has 1 unspecified atom stereocenters. The minimum atomic E-state index is -0.0744. The highest BCUT2D eigenvalue weighted by Gasteiger charge is 2.22. The Morgan fingerprint density at radius 3 is 2.21 bits per heavy atom. The van der Waals surface area contributed by atoms with Crippen molar-refractivity contribution in [2.45, 2.75) is 47.1 Å². The van der Waals surface area contributed by atoms with Crippen molar-refractivity contribution < 1.29 is 4.79 Å². The minimum Gasteiger partial charge on any atom is -0.356 e. The van der Waals surface area contributed by atoms with Gasteiger partial charge in [-0.3, -0.25) is 4.79 Å². The molecule has 0 radical (unpaired) electrons. The van der Waals surface area contributed by atoms with E-state index in [9.17, 15) is 4.79 Å². The van der Waals surface area contributed by atoms with E-state index in [1.165, 1.54) is 0 Å². The first-order valence-corrected chi connectivity index (χ1v) is 5.25. The van der Waals surface area contributed by atoms with E-state index in [1.54, 1.807) is 0 Å². The summed E-state index contributed by atoms with van der Waals surface area (Å²) in [6, 6.07) is -0.0744. The Balaban J connectivity index is 3.84. The summed E-state index contributed by atoms with van der Waals surface area (Å²) >= 11 is 0. The van der Waals surface area contributed by atoms with Gasteiger partial charge >= 0.3 is 0 Å². The zero-order chi connectivity index (χ0) is 11.4. The van der Waals surface area contributed by atoms with Crippen molar-refractivity contribution in [3.05, 3.63) is 0 Å². The lowest BCUT2D eigenvalue weighted by Gasteiger charge is -2.26. The molecule has 3 heteroatoms. The Labute approximate surface area is 87.4 Å². The van der Waals surface area contributed by atoms with Crippen LogP contribution in [0.3, 0.4) is 0 Å². The molecule has 0 aliphatic heterocycles. The quantitative estimate of drug-likeness (QED) is 0.723. The second-order valence-corrected chi connectivity index (χ2v) is 5.37. The van der Waals surface area contributed by atoms with Crippen molar-refractivity contribution in [1.82, 2.24) is 5.32 Å². The molecule has 0 heterocycles. The lowest BCUT2D eigenvalue weighted by molar-refractivity contribution is -0.122. The van der Waals surface area contributed by atoms with Gasteiger partial charge in [0, 0.05) is 19.0 Å². The number of carbonyl (C=O) groups is 1. The lowest BCUT2D eigenvalue weighted by atomic mass is 9.85. The number of nitrogens with one attached hydrogen (secondary N) is 1. The van der Waals surface area contributed by atoms with Crippen LogP contribution in [0.1, 0.15) is 41.0 Å². The number of hydrogen-bond acceptors (Lipinski definition) is 2. The largest absolute Gasteiger partial charge is 0.356 e. The summed E-state index contributed by atoms with van der Waals surface area (Å²) < 4.78 is 0. The maximum Gasteiger partial charge on any atom is 0.221 e. The summed E-state index contributed by atoms with van der Waals surface area (Å²) in [5, 5.41) is 2.87. The Hall–Kier alpha value is -0.570. The van der Waals surface area contributed by atoms with Gasteiger partial charge in [0.1, 0.15) is 0 Å². The van der Waals surface area contributed by atoms with Crippen LogP contribution in [0, 0.1) is 11.3 Å². The molecule has 0 aromatic rings. The maximum absolute atomic E-state index is 11.4. The number of nitrogens with two attached hydrogens (primary N) is 1. The highest BCUT2D eigenvalue weighted by atomic mass is 16.1. The van der Waals surface area contributed by atoms with Crippen molar-refractivity contribution in [1.29, 1.82) is 0 Å². The first-order chi connectivity index (χ1) is 6.23. The van der Waals surface area contributed by atoms with Crippen LogP contribution in [0.4, 0.5) is 0 Å². The fourth-order valence-corrected chi connectivity index (χ4v) is 0.896. The van der Waals surface area contributed by atoms with E-state index < -0.39 is 0 Å². The molecule has 0 aliphatic carbocycles. The van der Waals surface area contributed by atoms with Crippen molar-refractivity contribution in [2.75, 3.05) is 6.54 Å². The van der Waals surface area contributed by atoms with E-state index in [-0.39, 0.29) is 17.4 Å². The van der Waals surface area contributed by atoms with Gasteiger partial charge in [0.05, 0.1) is 0 Å². The van der Waals surface area contributed by atoms with Crippen LogP contribution in [0.2, 0.25) is 0 Å². The number of carbonyl (C=O) groups excluding carboxylic acids is 1. The normalized spacial score (nSPS) is 14.2. The molecule has 0 aromatic carbocycles. The first kappa shape index (κ1) is 13.4. The van der Waals surface area contributed by atoms with Gasteiger partial charge < -0.3 is 11.1 Å². The standard InChI is InChI=1S/C11H24N2O/c1-8(2)7-13-10(14)6-9(12)11(3,4)5/h8-9H,6-7,12H2,1-5H3,(H,13,14). The summed E-state index contributed by atoms with van der Waals surface area (Å²) in [7, 11) is 0. The molecule has 1 amide bonds. The van der Waals surface area contributed by atoms with E-state index in [0.29, 0.717) is 12.3 Å². The van der Waals surface area contributed by atoms with Gasteiger partial charge in [-0.05, 0) is 11.3 Å². The Morgan fingerprint density at radius 1 is 1.36 bits per heavy atom. The molecular formula is C11H24N2O. The minimum absolute atomic E-state index is 0.00479. The van der Waals surface area contributed by atoms with Crippen LogP contribution in [0.5, 0.6) is 0 Å². The van der Waals surface area contributed by atoms with E-state index >= 15 is 0 Å². The van der Waals surface area contributed by atoms with E-state index in [1.807, 2.05) is 20.8 Å². The van der Waals surface area contributed by atoms with Crippen LogP contribution >= 0.6 is 0 Å². The molecule has 0 saturated heterocycles. The zero-order valence-corrected chi connectivity index (χ0v) is 10.1. The fraction of sp³-hybridized carbons (Fsp3) is 0.909. The molecule has 84 valence electrons. The molecule has 0 spiro atoms. The smallest absolute Gasteiger partial charge is 0.221 e. The van der Waals surface area contributed by atoms with Crippen molar-refractivity contribution in [3.8, 4) is 0 Å². The summed E-state index contributed by atoms with van der Waals surface area (Å²) in [4.78, 5) is 11.4. The molecule has 0 aliphatic rings. The van der Waals surface area contributed by atoms with Gasteiger partial charge in [-0.2, -0.15) is 0 Å². The van der Waals surface area contributed by atoms with Crippen LogP contribution < -0.4 is 11.1 Å². The summed E-state index contributed by atoms with van der Waals surface area (Å²) in [6.07, 6.45) is 0.413. The van der Waals surface area contributed by atoms with Gasteiger partial charge in [-0.1, -0.05) is 34.6 Å². The second-order valence-electron chi connectivity index (χ2n) is 5.37. The van der Waals surface area contributed by atoms with Crippen LogP contribution in [0.15, 0.2) is 0 Å². The molecule has 0 fully saturated rings. The summed E-state index contributed by atoms with van der Waals surface area (Å²) in [6.45, 7) is 11.0. The van der Waals surface area contributed by atoms with Crippen LogP contribution in [-0.2, 0) is 4.79 Å². The topological polar surface area (TPSA) is 55.1 Å². The Morgan fingerprint density at radius 2 is 1.86 bits per heavy atom. The zero-order valence-electron chi connectivity index (χ0n) is 10.1. The number of amides is 1. The van der Waals surface area contributed by atoms with E-state index in [2.05, 4.69) is 19.2 Å². The summed E-state index contributed by atoms with van der Waals surface area (Å²) in [5.74, 6) is 0.547. The highest BCUT2D eigenvalue weighted by molar-refractivity contribution is 5.76. The second kappa shape index (κ2) is 5.35. The van der Waals surface area contributed by atoms with E-state index in [4.69, 9.17) is 5.73 Å². The van der Waals surface area contributed by atoms with Crippen LogP contribution in [-0.4, -0.2) is 18.5 Å². The predicted molar refractivity (Wildman–Crippen MR) is 59.9 cm³/mol. The molecule has 0 rings (SSSR count). The highest BCUT2D eigenvalue weighted by Crippen LogP contribution is 2.19. The van der Waals surface area contributed by atoms with E-state index in [0.717, 1.165) is 6.54 Å². The van der Waals surface area contributed by atoms with Crippen molar-refractivity contribution in [3.63, 3.8) is 0 Å². The lowest BCUT2D eigenvalue weighted by Crippen LogP contribution is -2.40. The SMILES string of the molecule is CC(C)CNC(=O)CC(N)C(C)(C)C. The third-order valence-electron chi connectivity index (χ3n) is 2.23. The van der Waals surface area contributed by atoms with Gasteiger partial charge in [-0.15, -0.1) is 0 Å². The summed E-state index contributed by atoms with van der Waals surface area (Å²) in [5.41, 5.74) is 5.89. The average molecular weight is 200 g/mol. The van der Waals surface area contributed by atoms with Gasteiger partial charge in [0.25, 0.3) is 0 Å². The Kier molecular flexibility index (Phi) is 5.13. The monoisotopic (exact) mass is 200 g/mol. The Bertz CT molecular complexity index is 182. The molecular weight excluding hydrogens is 176 g/mol. The average Bonchev–Trinajstić information content (AvgIpc) is 1.99. The molecule has 1 atom stereocenters. The van der Waals surface area contributed by atoms with Gasteiger partial charge in [-0.25, -0.2) is 0 Å². The third kappa shape index (κ3) is 5.97. The molecule has 14 heavy (non-hydrogen) atoms. The van der Waals surface area contributed by atoms with Gasteiger partial charge in [0.2, 0.25) is 5.91 Å². The van der Waals surface area contributed by atoms with Crippen molar-refractivity contribution >= 4 is 5.91 Å². The van der Waals surface area contributed by atoms with Crippen molar-refractivity contribution in [2.24, 2.45) is 17.1 Å². The molecule has 0 aromatic heterocycles. The molecule has 3 N–H and O–H groups in total. The first-order valence-electron chi connectivity index (χ1n) is 5.25.